The molecular formula is C22H24FN3O2. The third kappa shape index (κ3) is 4.01. The molecular weight excluding hydrogens is 357 g/mol. The Balaban J connectivity index is 1.33. The minimum absolute atomic E-state index is 0.0301. The molecule has 4 rings (SSSR count). The van der Waals surface area contributed by atoms with Crippen molar-refractivity contribution in [3.63, 3.8) is 0 Å². The van der Waals surface area contributed by atoms with Crippen LogP contribution in [-0.4, -0.2) is 54.3 Å². The molecule has 2 aliphatic rings. The van der Waals surface area contributed by atoms with Gasteiger partial charge in [-0.1, -0.05) is 12.1 Å². The predicted octanol–water partition coefficient (Wildman–Crippen LogP) is 2.91. The summed E-state index contributed by atoms with van der Waals surface area (Å²) in [5.74, 6) is -0.00292. The van der Waals surface area contributed by atoms with Gasteiger partial charge in [-0.15, -0.1) is 0 Å². The Hall–Kier alpha value is -2.89. The number of amides is 2. The largest absolute Gasteiger partial charge is 0.368 e. The molecule has 0 aliphatic carbocycles. The molecule has 2 aliphatic heterocycles. The highest BCUT2D eigenvalue weighted by Crippen LogP contribution is 2.19. The van der Waals surface area contributed by atoms with Gasteiger partial charge in [0.2, 0.25) is 5.91 Å². The van der Waals surface area contributed by atoms with E-state index in [0.29, 0.717) is 31.6 Å². The second kappa shape index (κ2) is 8.00. The number of hydrogen-bond acceptors (Lipinski definition) is 3. The summed E-state index contributed by atoms with van der Waals surface area (Å²) < 4.78 is 13.1. The Labute approximate surface area is 164 Å². The molecule has 0 radical (unpaired) electrons. The summed E-state index contributed by atoms with van der Waals surface area (Å²) >= 11 is 0. The van der Waals surface area contributed by atoms with Crippen LogP contribution in [-0.2, 0) is 11.3 Å². The van der Waals surface area contributed by atoms with Gasteiger partial charge in [0, 0.05) is 56.9 Å². The molecule has 0 N–H and O–H groups in total. The van der Waals surface area contributed by atoms with Gasteiger partial charge in [0.1, 0.15) is 5.82 Å². The first kappa shape index (κ1) is 18.5. The third-order valence-corrected chi connectivity index (χ3v) is 5.50. The fraction of sp³-hybridized carbons (Fsp3) is 0.364. The SMILES string of the molecule is O=C1CCCN1Cc1ccc(C(=O)N2CCN(c3ccc(F)cc3)CC2)cc1. The molecule has 2 fully saturated rings. The number of hydrogen-bond donors (Lipinski definition) is 0. The van der Waals surface area contributed by atoms with Crippen LogP contribution in [0, 0.1) is 5.82 Å². The first-order valence-corrected chi connectivity index (χ1v) is 9.77. The van der Waals surface area contributed by atoms with E-state index in [1.165, 1.54) is 12.1 Å². The molecule has 28 heavy (non-hydrogen) atoms. The van der Waals surface area contributed by atoms with E-state index in [2.05, 4.69) is 4.90 Å². The first-order valence-electron chi connectivity index (χ1n) is 9.77. The zero-order valence-electron chi connectivity index (χ0n) is 15.8. The number of carbonyl (C=O) groups excluding carboxylic acids is 2. The average Bonchev–Trinajstić information content (AvgIpc) is 3.13. The number of nitrogens with zero attached hydrogens (tertiary/aromatic N) is 3. The molecule has 0 spiro atoms. The molecule has 146 valence electrons. The molecule has 2 saturated heterocycles. The third-order valence-electron chi connectivity index (χ3n) is 5.50. The molecule has 0 bridgehead atoms. The number of carbonyl (C=O) groups is 2. The lowest BCUT2D eigenvalue weighted by Crippen LogP contribution is -2.48. The van der Waals surface area contributed by atoms with E-state index >= 15 is 0 Å². The van der Waals surface area contributed by atoms with Crippen molar-refractivity contribution in [2.45, 2.75) is 19.4 Å². The molecule has 0 atom stereocenters. The number of anilines is 1. The molecule has 2 aromatic carbocycles. The maximum atomic E-state index is 13.1. The summed E-state index contributed by atoms with van der Waals surface area (Å²) in [7, 11) is 0. The Kier molecular flexibility index (Phi) is 5.28. The molecule has 0 unspecified atom stereocenters. The van der Waals surface area contributed by atoms with Gasteiger partial charge in [0.15, 0.2) is 0 Å². The Morgan fingerprint density at radius 2 is 1.57 bits per heavy atom. The minimum Gasteiger partial charge on any atom is -0.368 e. The molecule has 0 saturated carbocycles. The van der Waals surface area contributed by atoms with Crippen molar-refractivity contribution in [1.82, 2.24) is 9.80 Å². The zero-order valence-corrected chi connectivity index (χ0v) is 15.8. The Morgan fingerprint density at radius 3 is 2.18 bits per heavy atom. The van der Waals surface area contributed by atoms with Crippen LogP contribution in [0.2, 0.25) is 0 Å². The predicted molar refractivity (Wildman–Crippen MR) is 106 cm³/mol. The van der Waals surface area contributed by atoms with Crippen LogP contribution in [0.3, 0.4) is 0 Å². The van der Waals surface area contributed by atoms with Crippen molar-refractivity contribution in [2.75, 3.05) is 37.6 Å². The Morgan fingerprint density at radius 1 is 0.893 bits per heavy atom. The van der Waals surface area contributed by atoms with Crippen molar-refractivity contribution >= 4 is 17.5 Å². The number of likely N-dealkylation sites (tertiary alicyclic amines) is 1. The number of halogens is 1. The standard InChI is InChI=1S/C22H24FN3O2/c23-19-7-9-20(10-8-19)24-12-14-25(15-13-24)22(28)18-5-3-17(4-6-18)16-26-11-1-2-21(26)27/h3-10H,1-2,11-16H2. The second-order valence-corrected chi connectivity index (χ2v) is 7.37. The van der Waals surface area contributed by atoms with Crippen molar-refractivity contribution in [1.29, 1.82) is 0 Å². The maximum Gasteiger partial charge on any atom is 0.253 e. The summed E-state index contributed by atoms with van der Waals surface area (Å²) in [5, 5.41) is 0. The van der Waals surface area contributed by atoms with Crippen molar-refractivity contribution < 1.29 is 14.0 Å². The van der Waals surface area contributed by atoms with Gasteiger partial charge in [0.25, 0.3) is 5.91 Å². The normalized spacial score (nSPS) is 17.3. The fourth-order valence-electron chi connectivity index (χ4n) is 3.85. The fourth-order valence-corrected chi connectivity index (χ4v) is 3.85. The lowest BCUT2D eigenvalue weighted by atomic mass is 10.1. The van der Waals surface area contributed by atoms with Crippen molar-refractivity contribution in [3.05, 3.63) is 65.5 Å². The topological polar surface area (TPSA) is 43.9 Å². The van der Waals surface area contributed by atoms with E-state index in [4.69, 9.17) is 0 Å². The van der Waals surface area contributed by atoms with Crippen LogP contribution in [0.15, 0.2) is 48.5 Å². The van der Waals surface area contributed by atoms with Gasteiger partial charge < -0.3 is 14.7 Å². The Bertz CT molecular complexity index is 843. The van der Waals surface area contributed by atoms with Crippen LogP contribution in [0.5, 0.6) is 0 Å². The molecule has 2 aromatic rings. The number of piperazine rings is 1. The van der Waals surface area contributed by atoms with E-state index in [9.17, 15) is 14.0 Å². The van der Waals surface area contributed by atoms with Gasteiger partial charge in [-0.2, -0.15) is 0 Å². The lowest BCUT2D eigenvalue weighted by molar-refractivity contribution is -0.128. The van der Waals surface area contributed by atoms with E-state index in [0.717, 1.165) is 37.3 Å². The summed E-state index contributed by atoms with van der Waals surface area (Å²) in [6.45, 7) is 4.17. The van der Waals surface area contributed by atoms with Gasteiger partial charge >= 0.3 is 0 Å². The van der Waals surface area contributed by atoms with Crippen molar-refractivity contribution in [2.24, 2.45) is 0 Å². The number of rotatable bonds is 4. The summed E-state index contributed by atoms with van der Waals surface area (Å²) in [6.07, 6.45) is 1.57. The first-order chi connectivity index (χ1) is 13.6. The maximum absolute atomic E-state index is 13.1. The highest BCUT2D eigenvalue weighted by atomic mass is 19.1. The van der Waals surface area contributed by atoms with Gasteiger partial charge in [-0.3, -0.25) is 9.59 Å². The quantitative estimate of drug-likeness (QED) is 0.818. The van der Waals surface area contributed by atoms with Crippen LogP contribution in [0.4, 0.5) is 10.1 Å². The highest BCUT2D eigenvalue weighted by molar-refractivity contribution is 5.94. The van der Waals surface area contributed by atoms with E-state index in [-0.39, 0.29) is 17.6 Å². The van der Waals surface area contributed by atoms with Gasteiger partial charge in [0.05, 0.1) is 0 Å². The van der Waals surface area contributed by atoms with Gasteiger partial charge in [-0.05, 0) is 48.4 Å². The number of benzene rings is 2. The van der Waals surface area contributed by atoms with Crippen LogP contribution in [0.1, 0.15) is 28.8 Å². The van der Waals surface area contributed by atoms with E-state index < -0.39 is 0 Å². The highest BCUT2D eigenvalue weighted by Gasteiger charge is 2.23. The summed E-state index contributed by atoms with van der Waals surface area (Å²) in [4.78, 5) is 30.4. The second-order valence-electron chi connectivity index (χ2n) is 7.37. The van der Waals surface area contributed by atoms with E-state index in [1.54, 1.807) is 12.1 Å². The van der Waals surface area contributed by atoms with Crippen LogP contribution >= 0.6 is 0 Å². The average molecular weight is 381 g/mol. The minimum atomic E-state index is -0.241. The molecule has 6 heteroatoms. The summed E-state index contributed by atoms with van der Waals surface area (Å²) in [5.41, 5.74) is 2.70. The molecule has 2 amide bonds. The molecule has 5 nitrogen and oxygen atoms in total. The van der Waals surface area contributed by atoms with Gasteiger partial charge in [-0.25, -0.2) is 4.39 Å². The summed E-state index contributed by atoms with van der Waals surface area (Å²) in [6, 6.07) is 14.1. The smallest absolute Gasteiger partial charge is 0.253 e. The van der Waals surface area contributed by atoms with Crippen LogP contribution < -0.4 is 4.90 Å². The monoisotopic (exact) mass is 381 g/mol. The zero-order chi connectivity index (χ0) is 19.5. The van der Waals surface area contributed by atoms with Crippen molar-refractivity contribution in [3.8, 4) is 0 Å². The molecule has 0 aromatic heterocycles. The van der Waals surface area contributed by atoms with Crippen LogP contribution in [0.25, 0.3) is 0 Å². The lowest BCUT2D eigenvalue weighted by Gasteiger charge is -2.36. The van der Waals surface area contributed by atoms with E-state index in [1.807, 2.05) is 34.1 Å². The molecule has 2 heterocycles.